The van der Waals surface area contributed by atoms with Crippen molar-refractivity contribution in [2.75, 3.05) is 0 Å². The summed E-state index contributed by atoms with van der Waals surface area (Å²) in [7, 11) is 0. The van der Waals surface area contributed by atoms with Crippen LogP contribution in [0.4, 0.5) is 4.39 Å². The Morgan fingerprint density at radius 2 is 1.88 bits per heavy atom. The molecule has 0 saturated heterocycles. The van der Waals surface area contributed by atoms with E-state index in [1.807, 2.05) is 35.0 Å². The fraction of sp³-hybridized carbons (Fsp3) is 0.200. The summed E-state index contributed by atoms with van der Waals surface area (Å²) >= 11 is 0. The van der Waals surface area contributed by atoms with Crippen LogP contribution in [0.15, 0.2) is 54.6 Å². The van der Waals surface area contributed by atoms with Crippen molar-refractivity contribution in [2.45, 2.75) is 26.3 Å². The fourth-order valence-electron chi connectivity index (χ4n) is 2.74. The van der Waals surface area contributed by atoms with Crippen molar-refractivity contribution in [2.24, 2.45) is 0 Å². The number of aromatic nitrogens is 2. The zero-order chi connectivity index (χ0) is 16.9. The number of halogens is 1. The zero-order valence-corrected chi connectivity index (χ0v) is 13.5. The van der Waals surface area contributed by atoms with Crippen molar-refractivity contribution in [1.29, 1.82) is 5.26 Å². The number of rotatable bonds is 5. The van der Waals surface area contributed by atoms with E-state index in [0.29, 0.717) is 5.56 Å². The van der Waals surface area contributed by atoms with Gasteiger partial charge in [0.1, 0.15) is 5.82 Å². The van der Waals surface area contributed by atoms with Gasteiger partial charge >= 0.3 is 0 Å². The highest BCUT2D eigenvalue weighted by Crippen LogP contribution is 2.21. The third-order valence-electron chi connectivity index (χ3n) is 4.03. The minimum absolute atomic E-state index is 0.211. The molecule has 3 aromatic rings. The van der Waals surface area contributed by atoms with Gasteiger partial charge in [-0.1, -0.05) is 24.3 Å². The van der Waals surface area contributed by atoms with Crippen LogP contribution in [0.3, 0.4) is 0 Å². The second-order valence-corrected chi connectivity index (χ2v) is 5.66. The standard InChI is InChI=1S/C20H18FN3/c1-2-24-19(11-8-15-6-9-18(21)10-7-15)13-20(23-24)17-5-3-4-16(12-17)14-22/h3-7,9-10,12-13H,2,8,11H2,1H3. The Morgan fingerprint density at radius 1 is 1.08 bits per heavy atom. The van der Waals surface area contributed by atoms with Crippen LogP contribution in [-0.4, -0.2) is 9.78 Å². The molecule has 120 valence electrons. The van der Waals surface area contributed by atoms with E-state index >= 15 is 0 Å². The van der Waals surface area contributed by atoms with E-state index < -0.39 is 0 Å². The molecule has 3 nitrogen and oxygen atoms in total. The molecule has 0 fully saturated rings. The molecule has 0 N–H and O–H groups in total. The number of hydrogen-bond acceptors (Lipinski definition) is 2. The summed E-state index contributed by atoms with van der Waals surface area (Å²) in [6.07, 6.45) is 1.67. The summed E-state index contributed by atoms with van der Waals surface area (Å²) in [4.78, 5) is 0. The Bertz CT molecular complexity index is 873. The van der Waals surface area contributed by atoms with E-state index in [1.54, 1.807) is 6.07 Å². The Hall–Kier alpha value is -2.93. The van der Waals surface area contributed by atoms with Crippen molar-refractivity contribution in [3.8, 4) is 17.3 Å². The van der Waals surface area contributed by atoms with E-state index in [2.05, 4.69) is 24.2 Å². The van der Waals surface area contributed by atoms with Crippen LogP contribution in [0.1, 0.15) is 23.7 Å². The second kappa shape index (κ2) is 7.10. The van der Waals surface area contributed by atoms with Gasteiger partial charge in [0.15, 0.2) is 0 Å². The first-order valence-corrected chi connectivity index (χ1v) is 8.01. The lowest BCUT2D eigenvalue weighted by Gasteiger charge is -2.04. The number of nitriles is 1. The summed E-state index contributed by atoms with van der Waals surface area (Å²) in [6, 6.07) is 18.3. The van der Waals surface area contributed by atoms with Gasteiger partial charge in [-0.2, -0.15) is 10.4 Å². The monoisotopic (exact) mass is 319 g/mol. The molecule has 2 aromatic carbocycles. The van der Waals surface area contributed by atoms with Gasteiger partial charge in [0.25, 0.3) is 0 Å². The first-order chi connectivity index (χ1) is 11.7. The van der Waals surface area contributed by atoms with Crippen molar-refractivity contribution in [3.05, 3.63) is 77.2 Å². The molecule has 0 spiro atoms. The van der Waals surface area contributed by atoms with Crippen molar-refractivity contribution in [1.82, 2.24) is 9.78 Å². The molecule has 1 heterocycles. The molecule has 1 aromatic heterocycles. The van der Waals surface area contributed by atoms with Crippen LogP contribution in [0.5, 0.6) is 0 Å². The molecule has 4 heteroatoms. The first-order valence-electron chi connectivity index (χ1n) is 8.01. The van der Waals surface area contributed by atoms with Gasteiger partial charge in [-0.05, 0) is 55.7 Å². The minimum atomic E-state index is -0.211. The predicted octanol–water partition coefficient (Wildman–Crippen LogP) is 4.37. The Labute approximate surface area is 141 Å². The number of nitrogens with zero attached hydrogens (tertiary/aromatic N) is 3. The quantitative estimate of drug-likeness (QED) is 0.701. The topological polar surface area (TPSA) is 41.6 Å². The average Bonchev–Trinajstić information content (AvgIpc) is 3.04. The van der Waals surface area contributed by atoms with E-state index in [4.69, 9.17) is 5.26 Å². The van der Waals surface area contributed by atoms with Gasteiger partial charge in [-0.3, -0.25) is 4.68 Å². The molecule has 0 aliphatic heterocycles. The zero-order valence-electron chi connectivity index (χ0n) is 13.5. The predicted molar refractivity (Wildman–Crippen MR) is 91.9 cm³/mol. The van der Waals surface area contributed by atoms with Crippen LogP contribution >= 0.6 is 0 Å². The van der Waals surface area contributed by atoms with Crippen molar-refractivity contribution >= 4 is 0 Å². The lowest BCUT2D eigenvalue weighted by Crippen LogP contribution is -2.04. The third kappa shape index (κ3) is 3.52. The molecule has 24 heavy (non-hydrogen) atoms. The number of hydrogen-bond donors (Lipinski definition) is 0. The van der Waals surface area contributed by atoms with Gasteiger partial charge in [0, 0.05) is 17.8 Å². The van der Waals surface area contributed by atoms with E-state index in [-0.39, 0.29) is 5.82 Å². The van der Waals surface area contributed by atoms with E-state index in [1.165, 1.54) is 12.1 Å². The lowest BCUT2D eigenvalue weighted by atomic mass is 10.1. The van der Waals surface area contributed by atoms with Crippen LogP contribution in [0.25, 0.3) is 11.3 Å². The van der Waals surface area contributed by atoms with Crippen LogP contribution in [0.2, 0.25) is 0 Å². The van der Waals surface area contributed by atoms with Gasteiger partial charge in [-0.15, -0.1) is 0 Å². The number of benzene rings is 2. The molecule has 0 saturated carbocycles. The summed E-state index contributed by atoms with van der Waals surface area (Å²) in [5.74, 6) is -0.211. The smallest absolute Gasteiger partial charge is 0.123 e. The Morgan fingerprint density at radius 3 is 2.58 bits per heavy atom. The Kier molecular flexibility index (Phi) is 4.72. The highest BCUT2D eigenvalue weighted by Gasteiger charge is 2.09. The third-order valence-corrected chi connectivity index (χ3v) is 4.03. The minimum Gasteiger partial charge on any atom is -0.269 e. The normalized spacial score (nSPS) is 10.5. The fourth-order valence-corrected chi connectivity index (χ4v) is 2.74. The van der Waals surface area contributed by atoms with Gasteiger partial charge in [0.05, 0.1) is 17.3 Å². The molecular weight excluding hydrogens is 301 g/mol. The molecule has 0 unspecified atom stereocenters. The maximum Gasteiger partial charge on any atom is 0.123 e. The molecular formula is C20H18FN3. The van der Waals surface area contributed by atoms with Gasteiger partial charge in [0.2, 0.25) is 0 Å². The lowest BCUT2D eigenvalue weighted by molar-refractivity contribution is 0.618. The molecule has 3 rings (SSSR count). The maximum atomic E-state index is 13.0. The summed E-state index contributed by atoms with van der Waals surface area (Å²) in [5, 5.41) is 13.7. The maximum absolute atomic E-state index is 13.0. The molecule has 0 bridgehead atoms. The van der Waals surface area contributed by atoms with Gasteiger partial charge < -0.3 is 0 Å². The summed E-state index contributed by atoms with van der Waals surface area (Å²) in [6.45, 7) is 2.85. The van der Waals surface area contributed by atoms with Gasteiger partial charge in [-0.25, -0.2) is 4.39 Å². The first kappa shape index (κ1) is 15.9. The molecule has 0 amide bonds. The molecule has 0 radical (unpaired) electrons. The highest BCUT2D eigenvalue weighted by molar-refractivity contribution is 5.61. The average molecular weight is 319 g/mol. The summed E-state index contributed by atoms with van der Waals surface area (Å²) in [5.41, 5.74) is 4.70. The Balaban J connectivity index is 1.82. The van der Waals surface area contributed by atoms with Crippen molar-refractivity contribution in [3.63, 3.8) is 0 Å². The molecule has 0 aliphatic carbocycles. The molecule has 0 atom stereocenters. The molecule has 0 aliphatic rings. The van der Waals surface area contributed by atoms with Crippen LogP contribution in [0, 0.1) is 17.1 Å². The largest absolute Gasteiger partial charge is 0.269 e. The number of aryl methyl sites for hydroxylation is 3. The van der Waals surface area contributed by atoms with Crippen LogP contribution < -0.4 is 0 Å². The van der Waals surface area contributed by atoms with Crippen LogP contribution in [-0.2, 0) is 19.4 Å². The second-order valence-electron chi connectivity index (χ2n) is 5.66. The highest BCUT2D eigenvalue weighted by atomic mass is 19.1. The van der Waals surface area contributed by atoms with E-state index in [0.717, 1.165) is 41.9 Å². The SMILES string of the molecule is CCn1nc(-c2cccc(C#N)c2)cc1CCc1ccc(F)cc1. The summed E-state index contributed by atoms with van der Waals surface area (Å²) < 4.78 is 15.0. The van der Waals surface area contributed by atoms with Crippen molar-refractivity contribution < 1.29 is 4.39 Å². The van der Waals surface area contributed by atoms with E-state index in [9.17, 15) is 4.39 Å².